The maximum Gasteiger partial charge on any atom is 0.221 e. The molecule has 8 nitrogen and oxygen atoms in total. The molecule has 0 bridgehead atoms. The lowest BCUT2D eigenvalue weighted by atomic mass is 10.3. The summed E-state index contributed by atoms with van der Waals surface area (Å²) >= 11 is 1.62. The van der Waals surface area contributed by atoms with Crippen molar-refractivity contribution < 1.29 is 4.79 Å². The number of anilines is 2. The largest absolute Gasteiger partial charge is 0.326 e. The summed E-state index contributed by atoms with van der Waals surface area (Å²) in [5, 5.41) is 12.9. The molecule has 3 heterocycles. The van der Waals surface area contributed by atoms with Crippen LogP contribution in [0.15, 0.2) is 54.0 Å². The van der Waals surface area contributed by atoms with E-state index in [-0.39, 0.29) is 5.91 Å². The number of nitrogens with one attached hydrogen (secondary N) is 3. The van der Waals surface area contributed by atoms with Gasteiger partial charge in [0.25, 0.3) is 0 Å². The second-order valence-corrected chi connectivity index (χ2v) is 7.30. The third-order valence-corrected chi connectivity index (χ3v) is 4.93. The number of H-pyrrole nitrogens is 1. The van der Waals surface area contributed by atoms with Crippen LogP contribution in [0.1, 0.15) is 18.3 Å². The quantitative estimate of drug-likeness (QED) is 0.628. The fourth-order valence-electron chi connectivity index (χ4n) is 2.75. The van der Waals surface area contributed by atoms with Crippen LogP contribution in [0.4, 0.5) is 11.5 Å². The van der Waals surface area contributed by atoms with Gasteiger partial charge in [0.15, 0.2) is 5.82 Å². The van der Waals surface area contributed by atoms with Gasteiger partial charge in [-0.15, -0.1) is 0 Å². The summed E-state index contributed by atoms with van der Waals surface area (Å²) in [6.07, 6.45) is 5.71. The number of aryl methyl sites for hydroxylation is 1. The zero-order valence-corrected chi connectivity index (χ0v) is 15.7. The lowest BCUT2D eigenvalue weighted by Crippen LogP contribution is -2.29. The number of imidazole rings is 1. The Bertz CT molecular complexity index is 989. The number of thioether (sulfide) groups is 1. The van der Waals surface area contributed by atoms with Crippen LogP contribution in [-0.4, -0.2) is 30.7 Å². The van der Waals surface area contributed by atoms with Crippen molar-refractivity contribution in [2.75, 3.05) is 10.7 Å². The first-order valence-corrected chi connectivity index (χ1v) is 9.23. The number of fused-ring (bicyclic) bond motifs is 1. The van der Waals surface area contributed by atoms with E-state index in [9.17, 15) is 4.79 Å². The SMILES string of the molecule is CC(=O)Nc1ccc(SC2=CN(Nc3cc(C)[nH]n3)Cc3cncn32)cc1. The smallest absolute Gasteiger partial charge is 0.221 e. The highest BCUT2D eigenvalue weighted by atomic mass is 32.2. The highest BCUT2D eigenvalue weighted by Crippen LogP contribution is 2.34. The molecule has 138 valence electrons. The van der Waals surface area contributed by atoms with Gasteiger partial charge < -0.3 is 5.32 Å². The zero-order valence-electron chi connectivity index (χ0n) is 14.9. The van der Waals surface area contributed by atoms with Gasteiger partial charge in [0, 0.05) is 29.3 Å². The van der Waals surface area contributed by atoms with E-state index in [1.807, 2.05) is 61.0 Å². The molecule has 4 rings (SSSR count). The minimum Gasteiger partial charge on any atom is -0.326 e. The second-order valence-electron chi connectivity index (χ2n) is 6.21. The highest BCUT2D eigenvalue weighted by molar-refractivity contribution is 8.08. The van der Waals surface area contributed by atoms with E-state index in [0.717, 1.165) is 32.8 Å². The summed E-state index contributed by atoms with van der Waals surface area (Å²) in [4.78, 5) is 16.5. The normalized spacial score (nSPS) is 13.1. The Morgan fingerprint density at radius 1 is 1.30 bits per heavy atom. The lowest BCUT2D eigenvalue weighted by molar-refractivity contribution is -0.114. The van der Waals surface area contributed by atoms with Gasteiger partial charge in [0.05, 0.1) is 31.0 Å². The summed E-state index contributed by atoms with van der Waals surface area (Å²) in [5.74, 6) is 0.685. The molecule has 9 heteroatoms. The number of rotatable bonds is 5. The molecule has 0 saturated carbocycles. The summed E-state index contributed by atoms with van der Waals surface area (Å²) < 4.78 is 2.07. The summed E-state index contributed by atoms with van der Waals surface area (Å²) in [7, 11) is 0. The Morgan fingerprint density at radius 3 is 2.81 bits per heavy atom. The number of aromatic nitrogens is 4. The lowest BCUT2D eigenvalue weighted by Gasteiger charge is -2.28. The van der Waals surface area contributed by atoms with Crippen LogP contribution in [0.5, 0.6) is 0 Å². The topological polar surface area (TPSA) is 90.9 Å². The molecule has 2 aromatic heterocycles. The number of carbonyl (C=O) groups is 1. The van der Waals surface area contributed by atoms with E-state index in [1.165, 1.54) is 6.92 Å². The molecule has 1 aliphatic heterocycles. The second kappa shape index (κ2) is 7.20. The molecule has 0 aliphatic carbocycles. The summed E-state index contributed by atoms with van der Waals surface area (Å²) in [6.45, 7) is 4.14. The van der Waals surface area contributed by atoms with Gasteiger partial charge >= 0.3 is 0 Å². The van der Waals surface area contributed by atoms with Crippen molar-refractivity contribution in [3.8, 4) is 0 Å². The Morgan fingerprint density at radius 2 is 2.11 bits per heavy atom. The molecule has 1 aliphatic rings. The van der Waals surface area contributed by atoms with Crippen LogP contribution in [0.25, 0.3) is 5.03 Å². The third kappa shape index (κ3) is 3.98. The Labute approximate surface area is 160 Å². The van der Waals surface area contributed by atoms with Crippen molar-refractivity contribution in [2.24, 2.45) is 0 Å². The first-order chi connectivity index (χ1) is 13.1. The summed E-state index contributed by atoms with van der Waals surface area (Å²) in [5.41, 5.74) is 6.15. The predicted molar refractivity (Wildman–Crippen MR) is 106 cm³/mol. The molecule has 0 spiro atoms. The molecular formula is C18H19N7OS. The molecule has 0 unspecified atom stereocenters. The van der Waals surface area contributed by atoms with Crippen LogP contribution in [0.3, 0.4) is 0 Å². The summed E-state index contributed by atoms with van der Waals surface area (Å²) in [6, 6.07) is 9.70. The number of hydrazine groups is 1. The molecule has 0 saturated heterocycles. The molecule has 27 heavy (non-hydrogen) atoms. The van der Waals surface area contributed by atoms with Crippen molar-refractivity contribution in [3.63, 3.8) is 0 Å². The monoisotopic (exact) mass is 381 g/mol. The van der Waals surface area contributed by atoms with E-state index in [0.29, 0.717) is 6.54 Å². The molecule has 1 amide bonds. The molecular weight excluding hydrogens is 362 g/mol. The number of benzene rings is 1. The Balaban J connectivity index is 1.54. The van der Waals surface area contributed by atoms with E-state index in [1.54, 1.807) is 11.8 Å². The first-order valence-electron chi connectivity index (χ1n) is 8.41. The average molecular weight is 381 g/mol. The molecule has 0 fully saturated rings. The Kier molecular flexibility index (Phi) is 4.59. The maximum absolute atomic E-state index is 11.2. The van der Waals surface area contributed by atoms with Gasteiger partial charge in [-0.3, -0.25) is 24.9 Å². The van der Waals surface area contributed by atoms with Gasteiger partial charge in [0.1, 0.15) is 5.03 Å². The average Bonchev–Trinajstić information content (AvgIpc) is 3.25. The van der Waals surface area contributed by atoms with Gasteiger partial charge in [-0.25, -0.2) is 4.98 Å². The number of aromatic amines is 1. The minimum absolute atomic E-state index is 0.0798. The molecule has 1 aromatic carbocycles. The fraction of sp³-hybridized carbons (Fsp3) is 0.167. The highest BCUT2D eigenvalue weighted by Gasteiger charge is 2.18. The standard InChI is InChI=1S/C18H19N7OS/c1-12-7-17(22-21-12)23-24-9-15-8-19-11-25(15)18(10-24)27-16-5-3-14(4-6-16)20-13(2)26/h3-8,10-11H,9H2,1-2H3,(H,20,26)(H2,21,22,23). The van der Waals surface area contributed by atoms with E-state index >= 15 is 0 Å². The van der Waals surface area contributed by atoms with Crippen molar-refractivity contribution in [3.05, 3.63) is 60.4 Å². The number of amides is 1. The van der Waals surface area contributed by atoms with Crippen molar-refractivity contribution in [2.45, 2.75) is 25.3 Å². The van der Waals surface area contributed by atoms with Crippen LogP contribution >= 0.6 is 11.8 Å². The van der Waals surface area contributed by atoms with Gasteiger partial charge in [-0.2, -0.15) is 5.10 Å². The number of nitrogens with zero attached hydrogens (tertiary/aromatic N) is 4. The van der Waals surface area contributed by atoms with Crippen molar-refractivity contribution in [1.29, 1.82) is 0 Å². The molecule has 3 N–H and O–H groups in total. The zero-order chi connectivity index (χ0) is 18.8. The van der Waals surface area contributed by atoms with Gasteiger partial charge in [-0.1, -0.05) is 11.8 Å². The first kappa shape index (κ1) is 17.2. The van der Waals surface area contributed by atoms with Crippen molar-refractivity contribution >= 4 is 34.2 Å². The van der Waals surface area contributed by atoms with Gasteiger partial charge in [0.2, 0.25) is 5.91 Å². The molecule has 0 radical (unpaired) electrons. The third-order valence-electron chi connectivity index (χ3n) is 3.91. The van der Waals surface area contributed by atoms with Gasteiger partial charge in [-0.05, 0) is 31.2 Å². The molecule has 0 atom stereocenters. The Hall–Kier alpha value is -3.20. The van der Waals surface area contributed by atoms with Crippen molar-refractivity contribution in [1.82, 2.24) is 24.8 Å². The van der Waals surface area contributed by atoms with Crippen LogP contribution in [0.2, 0.25) is 0 Å². The maximum atomic E-state index is 11.2. The predicted octanol–water partition coefficient (Wildman–Crippen LogP) is 3.26. The number of hydrogen-bond acceptors (Lipinski definition) is 6. The van der Waals surface area contributed by atoms with Crippen LogP contribution in [-0.2, 0) is 11.3 Å². The van der Waals surface area contributed by atoms with E-state index in [4.69, 9.17) is 0 Å². The number of hydrogen-bond donors (Lipinski definition) is 3. The van der Waals surface area contributed by atoms with Crippen LogP contribution in [0, 0.1) is 6.92 Å². The van der Waals surface area contributed by atoms with Crippen LogP contribution < -0.4 is 10.7 Å². The minimum atomic E-state index is -0.0798. The van der Waals surface area contributed by atoms with E-state index in [2.05, 4.69) is 30.5 Å². The fourth-order valence-corrected chi connectivity index (χ4v) is 3.71. The van der Waals surface area contributed by atoms with E-state index < -0.39 is 0 Å². The molecule has 3 aromatic rings. The number of carbonyl (C=O) groups excluding carboxylic acids is 1.